The molecule has 146 valence electrons. The Morgan fingerprint density at radius 2 is 2.04 bits per heavy atom. The van der Waals surface area contributed by atoms with Crippen LogP contribution in [-0.2, 0) is 9.47 Å². The lowest BCUT2D eigenvalue weighted by molar-refractivity contribution is 0.0376. The normalized spacial score (nSPS) is 28.4. The first kappa shape index (κ1) is 18.7. The Balaban J connectivity index is 1.62. The van der Waals surface area contributed by atoms with Gasteiger partial charge in [0.05, 0.1) is 13.2 Å². The van der Waals surface area contributed by atoms with E-state index in [0.717, 1.165) is 56.4 Å². The summed E-state index contributed by atoms with van der Waals surface area (Å²) in [5, 5.41) is 0. The highest BCUT2D eigenvalue weighted by Gasteiger charge is 2.33. The predicted molar refractivity (Wildman–Crippen MR) is 109 cm³/mol. The van der Waals surface area contributed by atoms with Gasteiger partial charge < -0.3 is 9.47 Å². The molecule has 5 nitrogen and oxygen atoms in total. The maximum Gasteiger partial charge on any atom is 0.151 e. The van der Waals surface area contributed by atoms with Gasteiger partial charge in [-0.15, -0.1) is 0 Å². The van der Waals surface area contributed by atoms with Gasteiger partial charge in [-0.25, -0.2) is 0 Å². The minimum absolute atomic E-state index is 0.669. The first-order valence-electron chi connectivity index (χ1n) is 10.2. The van der Waals surface area contributed by atoms with Gasteiger partial charge in [0, 0.05) is 50.4 Å². The topological polar surface area (TPSA) is 37.3 Å². The molecule has 0 bridgehead atoms. The van der Waals surface area contributed by atoms with Crippen LogP contribution in [0.25, 0.3) is 0 Å². The fraction of sp³-hybridized carbons (Fsp3) is 0.591. The zero-order chi connectivity index (χ0) is 18.6. The van der Waals surface area contributed by atoms with Crippen molar-refractivity contribution in [2.24, 2.45) is 4.99 Å². The second-order valence-corrected chi connectivity index (χ2v) is 7.76. The van der Waals surface area contributed by atoms with Gasteiger partial charge in [0.25, 0.3) is 0 Å². The lowest BCUT2D eigenvalue weighted by Crippen LogP contribution is -2.43. The molecule has 2 aliphatic carbocycles. The molecule has 4 aliphatic rings. The smallest absolute Gasteiger partial charge is 0.151 e. The van der Waals surface area contributed by atoms with Gasteiger partial charge in [0.2, 0.25) is 0 Å². The molecule has 1 saturated carbocycles. The molecule has 0 unspecified atom stereocenters. The number of aliphatic imine (C=N–C) groups is 1. The summed E-state index contributed by atoms with van der Waals surface area (Å²) in [7, 11) is 1.86. The van der Waals surface area contributed by atoms with Crippen molar-refractivity contribution in [2.45, 2.75) is 31.7 Å². The fourth-order valence-corrected chi connectivity index (χ4v) is 4.63. The number of hydrogen-bond acceptors (Lipinski definition) is 5. The molecule has 27 heavy (non-hydrogen) atoms. The van der Waals surface area contributed by atoms with Crippen LogP contribution in [0.4, 0.5) is 0 Å². The van der Waals surface area contributed by atoms with E-state index < -0.39 is 0 Å². The lowest BCUT2D eigenvalue weighted by atomic mass is 9.88. The van der Waals surface area contributed by atoms with Crippen LogP contribution in [0.15, 0.2) is 52.3 Å². The quantitative estimate of drug-likeness (QED) is 0.764. The molecule has 0 spiro atoms. The highest BCUT2D eigenvalue weighted by atomic mass is 16.5. The van der Waals surface area contributed by atoms with E-state index in [1.54, 1.807) is 0 Å². The highest BCUT2D eigenvalue weighted by molar-refractivity contribution is 6.16. The van der Waals surface area contributed by atoms with Gasteiger partial charge in [-0.2, -0.15) is 0 Å². The van der Waals surface area contributed by atoms with Crippen molar-refractivity contribution in [3.8, 4) is 0 Å². The summed E-state index contributed by atoms with van der Waals surface area (Å²) in [5.74, 6) is 0.963. The number of morpholine rings is 1. The van der Waals surface area contributed by atoms with Gasteiger partial charge in [-0.1, -0.05) is 31.6 Å². The zero-order valence-corrected chi connectivity index (χ0v) is 16.5. The summed E-state index contributed by atoms with van der Waals surface area (Å²) >= 11 is 0. The van der Waals surface area contributed by atoms with E-state index in [0.29, 0.717) is 12.8 Å². The Morgan fingerprint density at radius 3 is 2.74 bits per heavy atom. The Kier molecular flexibility index (Phi) is 5.91. The van der Waals surface area contributed by atoms with Crippen molar-refractivity contribution < 1.29 is 9.47 Å². The van der Waals surface area contributed by atoms with Crippen molar-refractivity contribution in [3.63, 3.8) is 0 Å². The molecule has 0 aromatic heterocycles. The molecule has 0 aromatic carbocycles. The van der Waals surface area contributed by atoms with Gasteiger partial charge in [0.1, 0.15) is 12.4 Å². The Hall–Kier alpha value is -1.69. The minimum Gasteiger partial charge on any atom is -0.476 e. The average molecular weight is 370 g/mol. The number of rotatable bonds is 4. The van der Waals surface area contributed by atoms with Crippen LogP contribution >= 0.6 is 0 Å². The molecule has 0 amide bonds. The number of nitrogens with zero attached hydrogens (tertiary/aromatic N) is 3. The Bertz CT molecular complexity index is 692. The highest BCUT2D eigenvalue weighted by Crippen LogP contribution is 2.34. The number of ether oxygens (including phenoxy) is 2. The number of allylic oxidation sites excluding steroid dienone is 3. The molecule has 0 aromatic rings. The molecule has 2 fully saturated rings. The second-order valence-electron chi connectivity index (χ2n) is 7.76. The zero-order valence-electron chi connectivity index (χ0n) is 16.5. The maximum atomic E-state index is 6.25. The second kappa shape index (κ2) is 8.55. The predicted octanol–water partition coefficient (Wildman–Crippen LogP) is 2.93. The van der Waals surface area contributed by atoms with Crippen LogP contribution in [-0.4, -0.2) is 74.7 Å². The molecular weight excluding hydrogens is 338 g/mol. The van der Waals surface area contributed by atoms with Crippen LogP contribution in [0, 0.1) is 0 Å². The number of hydrogen-bond donors (Lipinski definition) is 0. The van der Waals surface area contributed by atoms with E-state index >= 15 is 0 Å². The molecule has 0 N–H and O–H groups in total. The summed E-state index contributed by atoms with van der Waals surface area (Å²) in [6.07, 6.45) is 11.6. The monoisotopic (exact) mass is 369 g/mol. The minimum atomic E-state index is 0.669. The van der Waals surface area contributed by atoms with E-state index in [-0.39, 0.29) is 0 Å². The third-order valence-corrected chi connectivity index (χ3v) is 6.05. The maximum absolute atomic E-state index is 6.25. The molecule has 5 heteroatoms. The van der Waals surface area contributed by atoms with Crippen molar-refractivity contribution >= 4 is 5.71 Å². The van der Waals surface area contributed by atoms with Crippen LogP contribution in [0.5, 0.6) is 0 Å². The summed E-state index contributed by atoms with van der Waals surface area (Å²) in [6, 6.07) is 0.669. The third kappa shape index (κ3) is 3.96. The van der Waals surface area contributed by atoms with Crippen LogP contribution in [0.2, 0.25) is 0 Å². The molecular formula is C22H31N3O2. The van der Waals surface area contributed by atoms with Crippen molar-refractivity contribution in [1.29, 1.82) is 0 Å². The molecule has 2 aliphatic heterocycles. The molecule has 0 radical (unpaired) electrons. The van der Waals surface area contributed by atoms with Crippen molar-refractivity contribution in [2.75, 3.05) is 53.2 Å². The summed E-state index contributed by atoms with van der Waals surface area (Å²) in [4.78, 5) is 9.58. The van der Waals surface area contributed by atoms with Gasteiger partial charge >= 0.3 is 0 Å². The molecule has 4 rings (SSSR count). The standard InChI is InChI=1S/C22H31N3O2/c1-3-6-20-17(14-24-9-11-26-12-10-24)13-18-15-25(19-7-4-5-8-19)16-27-22(18)21(20)23-2/h3,6,13,19H,1,4-5,7-12,14-16H2,2H3/b20-6-,23-21?. The van der Waals surface area contributed by atoms with Gasteiger partial charge in [-0.3, -0.25) is 14.8 Å². The fourth-order valence-electron chi connectivity index (χ4n) is 4.63. The van der Waals surface area contributed by atoms with E-state index in [4.69, 9.17) is 9.47 Å². The van der Waals surface area contributed by atoms with Gasteiger partial charge in [0.15, 0.2) is 5.76 Å². The van der Waals surface area contributed by atoms with E-state index in [1.165, 1.54) is 36.8 Å². The van der Waals surface area contributed by atoms with Crippen molar-refractivity contribution in [1.82, 2.24) is 9.80 Å². The molecule has 0 atom stereocenters. The summed E-state index contributed by atoms with van der Waals surface area (Å²) in [5.41, 5.74) is 4.71. The summed E-state index contributed by atoms with van der Waals surface area (Å²) in [6.45, 7) is 10.1. The summed E-state index contributed by atoms with van der Waals surface area (Å²) < 4.78 is 11.8. The van der Waals surface area contributed by atoms with E-state index in [9.17, 15) is 0 Å². The van der Waals surface area contributed by atoms with Crippen LogP contribution in [0.3, 0.4) is 0 Å². The molecule has 1 saturated heterocycles. The lowest BCUT2D eigenvalue weighted by Gasteiger charge is -2.37. The average Bonchev–Trinajstić information content (AvgIpc) is 3.24. The first-order valence-corrected chi connectivity index (χ1v) is 10.2. The Labute approximate surface area is 162 Å². The van der Waals surface area contributed by atoms with Crippen LogP contribution in [0.1, 0.15) is 25.7 Å². The molecule has 2 heterocycles. The van der Waals surface area contributed by atoms with Gasteiger partial charge in [-0.05, 0) is 24.5 Å². The van der Waals surface area contributed by atoms with E-state index in [1.807, 2.05) is 13.1 Å². The van der Waals surface area contributed by atoms with E-state index in [2.05, 4.69) is 33.5 Å². The third-order valence-electron chi connectivity index (χ3n) is 6.05. The SMILES string of the molecule is C=C/C=C1/C(CN2CCOCC2)=CC2=C(OCN(C3CCCC3)C2)C1=NC. The first-order chi connectivity index (χ1) is 13.3. The largest absolute Gasteiger partial charge is 0.476 e. The van der Waals surface area contributed by atoms with Crippen molar-refractivity contribution in [3.05, 3.63) is 47.3 Å². The Morgan fingerprint density at radius 1 is 1.26 bits per heavy atom. The van der Waals surface area contributed by atoms with Crippen LogP contribution < -0.4 is 0 Å².